The number of thioether (sulfide) groups is 1. The Morgan fingerprint density at radius 2 is 0.989 bits per heavy atom. The number of ether oxygens (including phenoxy) is 2. The lowest BCUT2D eigenvalue weighted by Gasteiger charge is -2.43. The van der Waals surface area contributed by atoms with Crippen LogP contribution in [-0.2, 0) is 57.4 Å². The van der Waals surface area contributed by atoms with Crippen molar-refractivity contribution in [3.63, 3.8) is 0 Å². The molecule has 3 aliphatic carbocycles. The molecule has 10 atom stereocenters. The van der Waals surface area contributed by atoms with E-state index in [9.17, 15) is 47.1 Å². The average molecular weight is 1300 g/mol. The summed E-state index contributed by atoms with van der Waals surface area (Å²) >= 11 is 8.19. The van der Waals surface area contributed by atoms with E-state index in [-0.39, 0.29) is 146 Å². The van der Waals surface area contributed by atoms with Crippen molar-refractivity contribution < 1.29 is 66.2 Å². The number of hydrogen-bond donors (Lipinski definition) is 5. The summed E-state index contributed by atoms with van der Waals surface area (Å²) in [7, 11) is 5.85. The fourth-order valence-electron chi connectivity index (χ4n) is 14.6. The van der Waals surface area contributed by atoms with Crippen molar-refractivity contribution in [2.45, 2.75) is 226 Å². The molecule has 1 unspecified atom stereocenters. The predicted molar refractivity (Wildman–Crippen MR) is 329 cm³/mol. The molecule has 5 N–H and O–H groups in total. The highest BCUT2D eigenvalue weighted by atomic mass is 35.5. The SMILES string of the molecule is COCC[C@@H]1NC(=O)[C@H]2CCCN2C(=O)[C@H](CC2CCC(F)CC2)N(C)C(=O)[C@H](CC2CCC(Cl)CC2)NC(=O)[C@@H]2CCN2C(=O)[C@H](CC2CCC(F)CC2)NC(=O)CN(CCOC)C(=O)[C@@H](C)N(C)C(=O)[C@H](CC2CSCN2)NC(=O)[C@@H]2CCCN2C1=O. The number of methoxy groups -OCH3 is 2. The number of hydrogen-bond acceptors (Lipinski definition) is 14. The number of halogens is 3. The van der Waals surface area contributed by atoms with Gasteiger partial charge in [-0.15, -0.1) is 23.4 Å². The van der Waals surface area contributed by atoms with Crippen LogP contribution in [-0.4, -0.2) is 252 Å². The van der Waals surface area contributed by atoms with Crippen molar-refractivity contribution in [2.24, 2.45) is 17.8 Å². The number of nitrogens with zero attached hydrogens (tertiary/aromatic N) is 6. The standard InChI is InChI=1S/C62H98ClF2N11O12S/c1-37-57(81)73(27-29-88-5)34-53(77)67-47(31-39-12-18-42(64)19-13-39)61(85)76-26-22-51(76)56(80)69-46(30-38-10-16-41(63)17-11-38)59(83)72(3)52(32-40-14-20-43(65)21-15-40)62(86)75-25-7-9-50(75)54(78)68-45(23-28-87-4)60(84)74-24-6-8-49(74)55(79)70-48(58(82)71(37)2)33-44-35-89-36-66-44/h37-52,66H,6-36H2,1-5H3,(H,67,77)(H,68,78)(H,69,80)(H,70,79)/t37-,38?,39?,40?,41?,42?,43?,44?,45+,46+,47+,48+,49+,50-,51+,52+/m1/s1. The zero-order valence-electron chi connectivity index (χ0n) is 52.8. The summed E-state index contributed by atoms with van der Waals surface area (Å²) in [6.07, 6.45) is 5.96. The first-order chi connectivity index (χ1) is 42.6. The van der Waals surface area contributed by atoms with Crippen molar-refractivity contribution in [2.75, 3.05) is 85.9 Å². The van der Waals surface area contributed by atoms with E-state index in [1.54, 1.807) is 11.8 Å². The topological polar surface area (TPSA) is 269 Å². The minimum absolute atomic E-state index is 0.00370. The van der Waals surface area contributed by atoms with Gasteiger partial charge in [-0.2, -0.15) is 0 Å². The Hall–Kier alpha value is -4.92. The monoisotopic (exact) mass is 1290 g/mol. The summed E-state index contributed by atoms with van der Waals surface area (Å²) in [5.74, 6) is -5.01. The van der Waals surface area contributed by atoms with Crippen LogP contribution in [0.3, 0.4) is 0 Å². The Labute approximate surface area is 532 Å². The lowest BCUT2D eigenvalue weighted by Crippen LogP contribution is -2.65. The summed E-state index contributed by atoms with van der Waals surface area (Å²) < 4.78 is 40.0. The Morgan fingerprint density at radius 3 is 1.52 bits per heavy atom. The van der Waals surface area contributed by atoms with Crippen molar-refractivity contribution in [3.05, 3.63) is 0 Å². The molecule has 3 saturated carbocycles. The second-order valence-corrected chi connectivity index (χ2v) is 28.0. The van der Waals surface area contributed by atoms with Crippen LogP contribution in [0.25, 0.3) is 0 Å². The summed E-state index contributed by atoms with van der Waals surface area (Å²) in [5, 5.41) is 15.1. The maximum atomic E-state index is 15.4. The molecule has 0 aromatic rings. The molecule has 500 valence electrons. The molecule has 0 radical (unpaired) electrons. The zero-order chi connectivity index (χ0) is 64.1. The van der Waals surface area contributed by atoms with Gasteiger partial charge < -0.3 is 65.5 Å². The van der Waals surface area contributed by atoms with Crippen LogP contribution in [0.2, 0.25) is 0 Å². The van der Waals surface area contributed by atoms with Gasteiger partial charge in [0.25, 0.3) is 0 Å². The van der Waals surface area contributed by atoms with E-state index in [1.807, 2.05) is 0 Å². The summed E-state index contributed by atoms with van der Waals surface area (Å²) in [4.78, 5) is 157. The van der Waals surface area contributed by atoms with Crippen LogP contribution in [0, 0.1) is 17.8 Å². The molecule has 89 heavy (non-hydrogen) atoms. The molecule has 0 aromatic heterocycles. The number of likely N-dealkylation sites (N-methyl/N-ethyl adjacent to an activating group) is 2. The molecular weight excluding hydrogens is 1200 g/mol. The summed E-state index contributed by atoms with van der Waals surface area (Å²) in [6, 6.07) is -10.4. The van der Waals surface area contributed by atoms with Gasteiger partial charge in [0.2, 0.25) is 59.1 Å². The molecular formula is C62H98ClF2N11O12S. The smallest absolute Gasteiger partial charge is 0.246 e. The molecule has 27 heteroatoms. The lowest BCUT2D eigenvalue weighted by molar-refractivity contribution is -0.153. The Kier molecular flexibility index (Phi) is 26.0. The number of amides is 10. The minimum atomic E-state index is -1.20. The van der Waals surface area contributed by atoms with E-state index in [4.69, 9.17) is 21.1 Å². The lowest BCUT2D eigenvalue weighted by atomic mass is 9.82. The third-order valence-electron chi connectivity index (χ3n) is 20.3. The minimum Gasteiger partial charge on any atom is -0.385 e. The number of fused-ring (bicyclic) bond motifs is 3. The van der Waals surface area contributed by atoms with Gasteiger partial charge in [0.1, 0.15) is 66.7 Å². The van der Waals surface area contributed by atoms with Gasteiger partial charge in [0, 0.05) is 84.1 Å². The van der Waals surface area contributed by atoms with E-state index < -0.39 is 132 Å². The second-order valence-electron chi connectivity index (χ2n) is 26.4. The van der Waals surface area contributed by atoms with Gasteiger partial charge in [0.05, 0.1) is 13.2 Å². The third-order valence-corrected chi connectivity index (χ3v) is 21.7. The van der Waals surface area contributed by atoms with Crippen LogP contribution in [0.15, 0.2) is 0 Å². The molecule has 5 aliphatic heterocycles. The highest BCUT2D eigenvalue weighted by Gasteiger charge is 2.48. The molecule has 8 fully saturated rings. The van der Waals surface area contributed by atoms with Gasteiger partial charge >= 0.3 is 0 Å². The molecule has 8 rings (SSSR count). The number of carbonyl (C=O) groups is 10. The largest absolute Gasteiger partial charge is 0.385 e. The van der Waals surface area contributed by atoms with E-state index >= 15 is 9.59 Å². The molecule has 5 saturated heterocycles. The van der Waals surface area contributed by atoms with Crippen LogP contribution in [0.4, 0.5) is 8.78 Å². The van der Waals surface area contributed by atoms with Gasteiger partial charge in [-0.1, -0.05) is 0 Å². The Morgan fingerprint density at radius 1 is 0.517 bits per heavy atom. The fourth-order valence-corrected chi connectivity index (χ4v) is 15.8. The van der Waals surface area contributed by atoms with E-state index in [0.717, 1.165) is 0 Å². The predicted octanol–water partition coefficient (Wildman–Crippen LogP) is 2.78. The maximum absolute atomic E-state index is 15.4. The van der Waals surface area contributed by atoms with E-state index in [0.29, 0.717) is 75.8 Å². The third kappa shape index (κ3) is 18.2. The van der Waals surface area contributed by atoms with E-state index in [2.05, 4.69) is 26.6 Å². The highest BCUT2D eigenvalue weighted by molar-refractivity contribution is 7.99. The Bertz CT molecular complexity index is 2480. The quantitative estimate of drug-likeness (QED) is 0.157. The van der Waals surface area contributed by atoms with Crippen molar-refractivity contribution in [3.8, 4) is 0 Å². The van der Waals surface area contributed by atoms with Crippen LogP contribution >= 0.6 is 23.4 Å². The summed E-state index contributed by atoms with van der Waals surface area (Å²) in [5.41, 5.74) is 0. The maximum Gasteiger partial charge on any atom is 0.246 e. The van der Waals surface area contributed by atoms with Gasteiger partial charge in [0.15, 0.2) is 0 Å². The highest BCUT2D eigenvalue weighted by Crippen LogP contribution is 2.36. The first kappa shape index (κ1) is 70.0. The number of rotatable bonds is 14. The van der Waals surface area contributed by atoms with Crippen molar-refractivity contribution in [1.82, 2.24) is 56.0 Å². The summed E-state index contributed by atoms with van der Waals surface area (Å²) in [6.45, 7) is 1.40. The molecule has 0 aromatic carbocycles. The van der Waals surface area contributed by atoms with Crippen molar-refractivity contribution in [1.29, 1.82) is 0 Å². The second kappa shape index (κ2) is 33.1. The molecule has 23 nitrogen and oxygen atoms in total. The first-order valence-electron chi connectivity index (χ1n) is 32.8. The molecule has 5 heterocycles. The number of alkyl halides is 3. The molecule has 8 aliphatic rings. The van der Waals surface area contributed by atoms with Crippen LogP contribution in [0.1, 0.15) is 148 Å². The number of carbonyl (C=O) groups excluding carboxylic acids is 10. The average Bonchev–Trinajstić information content (AvgIpc) is 2.49. The first-order valence-corrected chi connectivity index (χ1v) is 34.4. The fraction of sp³-hybridized carbons (Fsp3) is 0.839. The Balaban J connectivity index is 1.15. The molecule has 0 spiro atoms. The van der Waals surface area contributed by atoms with Gasteiger partial charge in [-0.05, 0) is 166 Å². The van der Waals surface area contributed by atoms with E-state index in [1.165, 1.54) is 64.6 Å². The van der Waals surface area contributed by atoms with Gasteiger partial charge in [-0.3, -0.25) is 47.9 Å². The van der Waals surface area contributed by atoms with Crippen LogP contribution in [0.5, 0.6) is 0 Å². The van der Waals surface area contributed by atoms with Gasteiger partial charge in [-0.25, -0.2) is 8.78 Å². The van der Waals surface area contributed by atoms with Crippen LogP contribution < -0.4 is 26.6 Å². The number of nitrogens with one attached hydrogen (secondary N) is 5. The van der Waals surface area contributed by atoms with Crippen molar-refractivity contribution >= 4 is 82.4 Å². The normalized spacial score (nSPS) is 35.2. The molecule has 10 amide bonds. The molecule has 0 bridgehead atoms. The zero-order valence-corrected chi connectivity index (χ0v) is 54.4.